The number of hydrogen-bond acceptors (Lipinski definition) is 4. The van der Waals surface area contributed by atoms with Crippen LogP contribution in [0.3, 0.4) is 0 Å². The van der Waals surface area contributed by atoms with Gasteiger partial charge < -0.3 is 10.3 Å². The first-order chi connectivity index (χ1) is 9.24. The zero-order chi connectivity index (χ0) is 13.2. The summed E-state index contributed by atoms with van der Waals surface area (Å²) in [6.45, 7) is 0. The van der Waals surface area contributed by atoms with E-state index >= 15 is 0 Å². The van der Waals surface area contributed by atoms with E-state index in [1.807, 2.05) is 11.8 Å². The molecule has 1 aliphatic rings. The molecule has 1 aliphatic heterocycles. The minimum Gasteiger partial charge on any atom is -0.381 e. The summed E-state index contributed by atoms with van der Waals surface area (Å²) in [7, 11) is 0. The number of benzene rings is 1. The van der Waals surface area contributed by atoms with Crippen LogP contribution in [0.1, 0.15) is 24.3 Å². The Morgan fingerprint density at radius 3 is 2.68 bits per heavy atom. The fourth-order valence-electron chi connectivity index (χ4n) is 2.45. The van der Waals surface area contributed by atoms with E-state index in [1.165, 1.54) is 29.9 Å². The van der Waals surface area contributed by atoms with E-state index in [-0.39, 0.29) is 0 Å². The highest BCUT2D eigenvalue weighted by Gasteiger charge is 2.18. The van der Waals surface area contributed by atoms with Crippen molar-refractivity contribution in [3.05, 3.63) is 34.3 Å². The lowest BCUT2D eigenvalue weighted by Gasteiger charge is -2.23. The topological polar surface area (TPSA) is 52.0 Å². The van der Waals surface area contributed by atoms with Gasteiger partial charge in [0.25, 0.3) is 0 Å². The number of rotatable bonds is 2. The van der Waals surface area contributed by atoms with Gasteiger partial charge in [0.2, 0.25) is 0 Å². The molecule has 2 N–H and O–H groups in total. The van der Waals surface area contributed by atoms with Crippen molar-refractivity contribution in [2.75, 3.05) is 17.2 Å². The van der Waals surface area contributed by atoms with E-state index in [1.54, 1.807) is 6.07 Å². The third kappa shape index (κ3) is 2.82. The number of halogens is 1. The van der Waals surface area contributed by atoms with E-state index in [0.717, 1.165) is 10.0 Å². The van der Waals surface area contributed by atoms with Gasteiger partial charge in [-0.15, -0.1) is 0 Å². The first kappa shape index (κ1) is 13.1. The van der Waals surface area contributed by atoms with Crippen molar-refractivity contribution in [3.8, 4) is 11.3 Å². The summed E-state index contributed by atoms with van der Waals surface area (Å²) in [5.41, 5.74) is 7.99. The first-order valence-corrected chi connectivity index (χ1v) is 8.28. The molecule has 100 valence electrons. The molecule has 0 atom stereocenters. The third-order valence-corrected chi connectivity index (χ3v) is 5.21. The Labute approximate surface area is 125 Å². The molecule has 0 unspecified atom stereocenters. The number of thioether (sulfide) groups is 1. The fraction of sp³-hybridized carbons (Fsp3) is 0.357. The number of anilines is 1. The second-order valence-corrected chi connectivity index (χ2v) is 6.82. The quantitative estimate of drug-likeness (QED) is 0.886. The maximum atomic E-state index is 5.58. The van der Waals surface area contributed by atoms with E-state index in [4.69, 9.17) is 10.3 Å². The summed E-state index contributed by atoms with van der Waals surface area (Å²) >= 11 is 5.74. The minimum atomic E-state index is 0.416. The summed E-state index contributed by atoms with van der Waals surface area (Å²) in [5, 5.41) is 3.72. The van der Waals surface area contributed by atoms with Gasteiger partial charge in [-0.2, -0.15) is 11.8 Å². The minimum absolute atomic E-state index is 0.416. The van der Waals surface area contributed by atoms with Crippen LogP contribution in [0.15, 0.2) is 33.3 Å². The lowest BCUT2D eigenvalue weighted by atomic mass is 9.92. The van der Waals surface area contributed by atoms with Gasteiger partial charge in [-0.25, -0.2) is 0 Å². The number of nitrogen functional groups attached to an aromatic ring is 1. The van der Waals surface area contributed by atoms with Crippen LogP contribution >= 0.6 is 27.7 Å². The molecule has 0 radical (unpaired) electrons. The molecule has 19 heavy (non-hydrogen) atoms. The van der Waals surface area contributed by atoms with Crippen molar-refractivity contribution in [1.82, 2.24) is 5.16 Å². The molecule has 0 bridgehead atoms. The zero-order valence-electron chi connectivity index (χ0n) is 10.4. The second-order valence-electron chi connectivity index (χ2n) is 4.74. The Hall–Kier alpha value is -0.940. The SMILES string of the molecule is Nc1cc(-c2ccc(C3CCSCC3)c(Br)c2)on1. The normalized spacial score (nSPS) is 16.7. The van der Waals surface area contributed by atoms with E-state index in [9.17, 15) is 0 Å². The molecule has 5 heteroatoms. The summed E-state index contributed by atoms with van der Waals surface area (Å²) in [6, 6.07) is 8.12. The van der Waals surface area contributed by atoms with Crippen molar-refractivity contribution in [3.63, 3.8) is 0 Å². The third-order valence-electron chi connectivity index (χ3n) is 3.47. The van der Waals surface area contributed by atoms with Crippen LogP contribution in [-0.4, -0.2) is 16.7 Å². The van der Waals surface area contributed by atoms with Crippen molar-refractivity contribution in [2.45, 2.75) is 18.8 Å². The van der Waals surface area contributed by atoms with Crippen molar-refractivity contribution in [1.29, 1.82) is 0 Å². The molecule has 1 aromatic heterocycles. The van der Waals surface area contributed by atoms with Crippen LogP contribution in [0.4, 0.5) is 5.82 Å². The lowest BCUT2D eigenvalue weighted by Crippen LogP contribution is -2.08. The molecule has 0 saturated carbocycles. The number of aromatic nitrogens is 1. The Morgan fingerprint density at radius 2 is 2.05 bits per heavy atom. The maximum Gasteiger partial charge on any atom is 0.169 e. The molecule has 0 aliphatic carbocycles. The zero-order valence-corrected chi connectivity index (χ0v) is 12.8. The summed E-state index contributed by atoms with van der Waals surface area (Å²) in [6.07, 6.45) is 2.52. The van der Waals surface area contributed by atoms with E-state index < -0.39 is 0 Å². The van der Waals surface area contributed by atoms with Crippen molar-refractivity contribution in [2.24, 2.45) is 0 Å². The molecule has 2 heterocycles. The Morgan fingerprint density at radius 1 is 1.26 bits per heavy atom. The van der Waals surface area contributed by atoms with Crippen LogP contribution in [-0.2, 0) is 0 Å². The monoisotopic (exact) mass is 338 g/mol. The highest BCUT2D eigenvalue weighted by molar-refractivity contribution is 9.10. The van der Waals surface area contributed by atoms with Gasteiger partial charge in [0.15, 0.2) is 11.6 Å². The Bertz CT molecular complexity index is 579. The smallest absolute Gasteiger partial charge is 0.169 e. The van der Waals surface area contributed by atoms with Gasteiger partial charge in [0.1, 0.15) is 0 Å². The van der Waals surface area contributed by atoms with Crippen LogP contribution < -0.4 is 5.73 Å². The average Bonchev–Trinajstić information content (AvgIpc) is 2.86. The molecule has 2 aromatic rings. The fourth-order valence-corrected chi connectivity index (χ4v) is 4.25. The van der Waals surface area contributed by atoms with Gasteiger partial charge in [-0.3, -0.25) is 0 Å². The lowest BCUT2D eigenvalue weighted by molar-refractivity contribution is 0.436. The molecular formula is C14H15BrN2OS. The van der Waals surface area contributed by atoms with Crippen LogP contribution in [0, 0.1) is 0 Å². The van der Waals surface area contributed by atoms with Crippen LogP contribution in [0.5, 0.6) is 0 Å². The van der Waals surface area contributed by atoms with Crippen LogP contribution in [0.25, 0.3) is 11.3 Å². The maximum absolute atomic E-state index is 5.58. The van der Waals surface area contributed by atoms with Crippen molar-refractivity contribution < 1.29 is 4.52 Å². The largest absolute Gasteiger partial charge is 0.381 e. The van der Waals surface area contributed by atoms with E-state index in [2.05, 4.69) is 39.3 Å². The second kappa shape index (κ2) is 5.59. The number of nitrogens with zero attached hydrogens (tertiary/aromatic N) is 1. The first-order valence-electron chi connectivity index (χ1n) is 6.34. The molecule has 0 spiro atoms. The highest BCUT2D eigenvalue weighted by Crippen LogP contribution is 2.37. The van der Waals surface area contributed by atoms with Gasteiger partial charge in [0, 0.05) is 16.1 Å². The number of nitrogens with two attached hydrogens (primary N) is 1. The summed E-state index contributed by atoms with van der Waals surface area (Å²) in [5.74, 6) is 4.32. The van der Waals surface area contributed by atoms with E-state index in [0.29, 0.717) is 17.5 Å². The molecule has 1 fully saturated rings. The Balaban J connectivity index is 1.89. The molecule has 3 nitrogen and oxygen atoms in total. The predicted molar refractivity (Wildman–Crippen MR) is 83.4 cm³/mol. The van der Waals surface area contributed by atoms with Gasteiger partial charge in [-0.1, -0.05) is 33.2 Å². The molecule has 1 saturated heterocycles. The predicted octanol–water partition coefficient (Wildman–Crippen LogP) is 4.30. The van der Waals surface area contributed by atoms with Gasteiger partial charge >= 0.3 is 0 Å². The molecular weight excluding hydrogens is 324 g/mol. The van der Waals surface area contributed by atoms with Crippen molar-refractivity contribution >= 4 is 33.5 Å². The average molecular weight is 339 g/mol. The summed E-state index contributed by atoms with van der Waals surface area (Å²) < 4.78 is 6.34. The highest BCUT2D eigenvalue weighted by atomic mass is 79.9. The number of hydrogen-bond donors (Lipinski definition) is 1. The van der Waals surface area contributed by atoms with Gasteiger partial charge in [0.05, 0.1) is 0 Å². The standard InChI is InChI=1S/C14H15BrN2OS/c15-12-7-10(13-8-14(16)17-18-13)1-2-11(12)9-3-5-19-6-4-9/h1-2,7-9H,3-6H2,(H2,16,17). The van der Waals surface area contributed by atoms with Gasteiger partial charge in [-0.05, 0) is 41.9 Å². The summed E-state index contributed by atoms with van der Waals surface area (Å²) in [4.78, 5) is 0. The molecule has 1 aromatic carbocycles. The van der Waals surface area contributed by atoms with Crippen LogP contribution in [0.2, 0.25) is 0 Å². The molecule has 3 rings (SSSR count). The molecule has 0 amide bonds. The Kier molecular flexibility index (Phi) is 3.84.